The van der Waals surface area contributed by atoms with Gasteiger partial charge in [-0.2, -0.15) is 13.2 Å². The molecule has 1 rings (SSSR count). The minimum absolute atomic E-state index is 0.215. The number of benzene rings is 1. The first-order valence-corrected chi connectivity index (χ1v) is 9.70. The molecule has 0 fully saturated rings. The summed E-state index contributed by atoms with van der Waals surface area (Å²) in [6, 6.07) is 3.54. The molecular formula is C12H13F3O6S2. The van der Waals surface area contributed by atoms with Crippen molar-refractivity contribution in [2.24, 2.45) is 0 Å². The fraction of sp³-hybridized carbons (Fsp3) is 0.417. The minimum atomic E-state index is -5.11. The van der Waals surface area contributed by atoms with Gasteiger partial charge in [-0.05, 0) is 24.3 Å². The number of rotatable bonds is 5. The van der Waals surface area contributed by atoms with Crippen LogP contribution in [0.25, 0.3) is 0 Å². The van der Waals surface area contributed by atoms with E-state index in [1.165, 1.54) is 0 Å². The van der Waals surface area contributed by atoms with Crippen LogP contribution in [-0.4, -0.2) is 51.3 Å². The molecular weight excluding hydrogens is 361 g/mol. The van der Waals surface area contributed by atoms with Crippen LogP contribution in [0.2, 0.25) is 0 Å². The van der Waals surface area contributed by atoms with Gasteiger partial charge in [0.2, 0.25) is 10.7 Å². The Morgan fingerprint density at radius 2 is 1.48 bits per heavy atom. The number of carbonyl (C=O) groups is 1. The lowest BCUT2D eigenvalue weighted by Crippen LogP contribution is -2.49. The maximum absolute atomic E-state index is 12.5. The molecule has 0 heterocycles. The molecule has 1 N–H and O–H groups in total. The zero-order valence-corrected chi connectivity index (χ0v) is 13.6. The van der Waals surface area contributed by atoms with Crippen LogP contribution in [0.3, 0.4) is 0 Å². The predicted molar refractivity (Wildman–Crippen MR) is 74.3 cm³/mol. The van der Waals surface area contributed by atoms with Crippen LogP contribution in [0.15, 0.2) is 29.2 Å². The van der Waals surface area contributed by atoms with Crippen LogP contribution in [0.4, 0.5) is 13.2 Å². The second-order valence-corrected chi connectivity index (χ2v) is 9.21. The topological polar surface area (TPSA) is 106 Å². The van der Waals surface area contributed by atoms with E-state index in [0.717, 1.165) is 30.5 Å². The van der Waals surface area contributed by atoms with E-state index in [0.29, 0.717) is 6.26 Å². The van der Waals surface area contributed by atoms with Crippen LogP contribution >= 0.6 is 0 Å². The van der Waals surface area contributed by atoms with Crippen molar-refractivity contribution in [1.29, 1.82) is 0 Å². The number of ketones is 1. The summed E-state index contributed by atoms with van der Waals surface area (Å²) in [6.07, 6.45) is -6.20. The molecule has 0 bridgehead atoms. The van der Waals surface area contributed by atoms with Gasteiger partial charge >= 0.3 is 6.18 Å². The SMILES string of the molecule is CS(=O)(=O)c1ccc(C(=O)[C@@](O)(CC(F)(F)F)S(C)(=O)=O)cc1. The Labute approximate surface area is 130 Å². The maximum atomic E-state index is 12.5. The summed E-state index contributed by atoms with van der Waals surface area (Å²) in [5.41, 5.74) is -0.561. The third kappa shape index (κ3) is 4.52. The molecule has 11 heteroatoms. The Hall–Kier alpha value is -1.46. The summed E-state index contributed by atoms with van der Waals surface area (Å²) in [5, 5.41) is 9.86. The van der Waals surface area contributed by atoms with Crippen molar-refractivity contribution in [1.82, 2.24) is 0 Å². The van der Waals surface area contributed by atoms with Crippen molar-refractivity contribution < 1.29 is 39.9 Å². The fourth-order valence-electron chi connectivity index (χ4n) is 1.73. The molecule has 0 aromatic heterocycles. The van der Waals surface area contributed by atoms with Gasteiger partial charge in [-0.1, -0.05) is 0 Å². The Morgan fingerprint density at radius 3 is 1.78 bits per heavy atom. The molecule has 130 valence electrons. The Balaban J connectivity index is 3.37. The first-order valence-electron chi connectivity index (χ1n) is 5.91. The molecule has 1 aromatic rings. The van der Waals surface area contributed by atoms with Gasteiger partial charge in [-0.15, -0.1) is 0 Å². The molecule has 1 aromatic carbocycles. The van der Waals surface area contributed by atoms with E-state index in [-0.39, 0.29) is 4.90 Å². The highest BCUT2D eigenvalue weighted by molar-refractivity contribution is 7.92. The monoisotopic (exact) mass is 374 g/mol. The van der Waals surface area contributed by atoms with Crippen LogP contribution in [0.5, 0.6) is 0 Å². The van der Waals surface area contributed by atoms with E-state index in [1.807, 2.05) is 0 Å². The number of Topliss-reactive ketones (excluding diaryl/α,β-unsaturated/α-hetero) is 1. The van der Waals surface area contributed by atoms with Crippen LogP contribution in [0, 0.1) is 0 Å². The van der Waals surface area contributed by atoms with Gasteiger partial charge in [-0.25, -0.2) is 16.8 Å². The smallest absolute Gasteiger partial charge is 0.368 e. The Kier molecular flexibility index (Phi) is 5.00. The van der Waals surface area contributed by atoms with Crippen molar-refractivity contribution in [3.05, 3.63) is 29.8 Å². The Morgan fingerprint density at radius 1 is 1.04 bits per heavy atom. The summed E-state index contributed by atoms with van der Waals surface area (Å²) in [4.78, 5) is 8.18. The lowest BCUT2D eigenvalue weighted by atomic mass is 10.0. The fourth-order valence-corrected chi connectivity index (χ4v) is 3.24. The summed E-state index contributed by atoms with van der Waals surface area (Å²) >= 11 is 0. The molecule has 0 spiro atoms. The zero-order chi connectivity index (χ0) is 18.3. The largest absolute Gasteiger partial charge is 0.393 e. The third-order valence-corrected chi connectivity index (χ3v) is 5.64. The van der Waals surface area contributed by atoms with Gasteiger partial charge in [0.15, 0.2) is 19.7 Å². The van der Waals surface area contributed by atoms with E-state index in [9.17, 15) is 39.9 Å². The molecule has 0 saturated heterocycles. The normalized spacial score (nSPS) is 15.9. The average Bonchev–Trinajstić information content (AvgIpc) is 2.33. The predicted octanol–water partition coefficient (Wildman–Crippen LogP) is 0.958. The van der Waals surface area contributed by atoms with Crippen LogP contribution in [0.1, 0.15) is 16.8 Å². The van der Waals surface area contributed by atoms with Gasteiger partial charge in [0.25, 0.3) is 0 Å². The Bertz CT molecular complexity index is 809. The second-order valence-electron chi connectivity index (χ2n) is 4.97. The highest BCUT2D eigenvalue weighted by Gasteiger charge is 2.53. The van der Waals surface area contributed by atoms with E-state index in [1.54, 1.807) is 0 Å². The van der Waals surface area contributed by atoms with Gasteiger partial charge in [0.1, 0.15) is 0 Å². The summed E-state index contributed by atoms with van der Waals surface area (Å²) < 4.78 is 83.1. The minimum Gasteiger partial charge on any atom is -0.368 e. The van der Waals surface area contributed by atoms with Gasteiger partial charge in [0.05, 0.1) is 11.3 Å². The number of hydrogen-bond acceptors (Lipinski definition) is 6. The van der Waals surface area contributed by atoms with Crippen LogP contribution < -0.4 is 0 Å². The molecule has 0 aliphatic rings. The standard InChI is InChI=1S/C12H13F3O6S2/c1-22(18,19)9-5-3-8(4-6-9)10(16)11(17,23(2,20)21)7-12(13,14)15/h3-6,17H,7H2,1-2H3/t11-/m1/s1. The van der Waals surface area contributed by atoms with Gasteiger partial charge in [0, 0.05) is 18.1 Å². The van der Waals surface area contributed by atoms with Crippen molar-refractivity contribution in [2.75, 3.05) is 12.5 Å². The number of halogens is 3. The first-order chi connectivity index (χ1) is 10.1. The summed E-state index contributed by atoms with van der Waals surface area (Å²) in [6.45, 7) is 0. The quantitative estimate of drug-likeness (QED) is 0.770. The van der Waals surface area contributed by atoms with Crippen LogP contribution in [-0.2, 0) is 19.7 Å². The average molecular weight is 374 g/mol. The second kappa shape index (κ2) is 5.87. The number of hydrogen-bond donors (Lipinski definition) is 1. The van der Waals surface area contributed by atoms with Crippen molar-refractivity contribution >= 4 is 25.5 Å². The number of aliphatic hydroxyl groups is 1. The van der Waals surface area contributed by atoms with Gasteiger partial charge in [-0.3, -0.25) is 4.79 Å². The summed E-state index contributed by atoms with van der Waals surface area (Å²) in [7, 11) is -8.43. The lowest BCUT2D eigenvalue weighted by Gasteiger charge is -2.25. The van der Waals surface area contributed by atoms with E-state index in [2.05, 4.69) is 0 Å². The maximum Gasteiger partial charge on any atom is 0.393 e. The first kappa shape index (κ1) is 19.6. The van der Waals surface area contributed by atoms with Crippen molar-refractivity contribution in [2.45, 2.75) is 22.4 Å². The molecule has 0 saturated carbocycles. The van der Waals surface area contributed by atoms with Crippen molar-refractivity contribution in [3.63, 3.8) is 0 Å². The van der Waals surface area contributed by atoms with E-state index in [4.69, 9.17) is 0 Å². The molecule has 0 amide bonds. The third-order valence-electron chi connectivity index (χ3n) is 2.95. The molecule has 0 radical (unpaired) electrons. The molecule has 23 heavy (non-hydrogen) atoms. The molecule has 0 unspecified atom stereocenters. The van der Waals surface area contributed by atoms with Crippen molar-refractivity contribution in [3.8, 4) is 0 Å². The van der Waals surface area contributed by atoms with E-state index < -0.39 is 48.6 Å². The molecule has 6 nitrogen and oxygen atoms in total. The number of carbonyl (C=O) groups excluding carboxylic acids is 1. The summed E-state index contributed by atoms with van der Waals surface area (Å²) in [5.74, 6) is -1.68. The molecule has 0 aliphatic heterocycles. The zero-order valence-electron chi connectivity index (χ0n) is 12.0. The van der Waals surface area contributed by atoms with Gasteiger partial charge < -0.3 is 5.11 Å². The highest BCUT2D eigenvalue weighted by atomic mass is 32.2. The number of sulfone groups is 2. The molecule has 0 aliphatic carbocycles. The number of alkyl halides is 3. The molecule has 1 atom stereocenters. The lowest BCUT2D eigenvalue weighted by molar-refractivity contribution is -0.154. The van der Waals surface area contributed by atoms with E-state index >= 15 is 0 Å². The highest BCUT2D eigenvalue weighted by Crippen LogP contribution is 2.33.